The summed E-state index contributed by atoms with van der Waals surface area (Å²) >= 11 is 0. The Kier molecular flexibility index (Phi) is 6.03. The van der Waals surface area contributed by atoms with Gasteiger partial charge in [-0.25, -0.2) is 9.29 Å². The summed E-state index contributed by atoms with van der Waals surface area (Å²) in [7, 11) is 1.57. The largest absolute Gasteiger partial charge is 0.497 e. The number of hydrogen-bond donors (Lipinski definition) is 0. The molecule has 4 rings (SSSR count). The van der Waals surface area contributed by atoms with Gasteiger partial charge in [-0.2, -0.15) is 0 Å². The van der Waals surface area contributed by atoms with Crippen molar-refractivity contribution in [3.8, 4) is 5.75 Å². The normalized spacial score (nSPS) is 13.7. The summed E-state index contributed by atoms with van der Waals surface area (Å²) in [6.07, 6.45) is 0. The van der Waals surface area contributed by atoms with Crippen molar-refractivity contribution in [2.75, 3.05) is 18.6 Å². The third-order valence-electron chi connectivity index (χ3n) is 5.44. The molecule has 5 nitrogen and oxygen atoms in total. The number of nitrogens with zero attached hydrogens (tertiary/aromatic N) is 2. The topological polar surface area (TPSA) is 49.9 Å². The minimum atomic E-state index is -0.437. The van der Waals surface area contributed by atoms with Gasteiger partial charge in [0, 0.05) is 13.1 Å². The molecular weight excluding hydrogens is 407 g/mol. The van der Waals surface area contributed by atoms with Crippen molar-refractivity contribution in [1.29, 1.82) is 0 Å². The number of rotatable bonds is 7. The maximum absolute atomic E-state index is 13.6. The Hall–Kier alpha value is -3.93. The molecule has 0 spiro atoms. The molecule has 0 unspecified atom stereocenters. The highest BCUT2D eigenvalue weighted by molar-refractivity contribution is 6.45. The lowest BCUT2D eigenvalue weighted by Gasteiger charge is -2.25. The highest BCUT2D eigenvalue weighted by atomic mass is 19.1. The number of methoxy groups -OCH3 is 1. The number of benzene rings is 3. The molecule has 32 heavy (non-hydrogen) atoms. The standard InChI is InChI=1S/C26H23FN2O3/c1-3-28(17-18-7-5-4-6-8-18)24-23(19-9-15-22(32-2)16-10-19)25(30)29(26(24)31)21-13-11-20(27)12-14-21/h4-16H,3,17H2,1-2H3. The SMILES string of the molecule is CCN(Cc1ccccc1)C1=C(c2ccc(OC)cc2)C(=O)N(c2ccc(F)cc2)C1=O. The van der Waals surface area contributed by atoms with Gasteiger partial charge in [0.2, 0.25) is 0 Å². The molecule has 1 heterocycles. The Bertz CT molecular complexity index is 1160. The van der Waals surface area contributed by atoms with E-state index in [1.807, 2.05) is 42.2 Å². The fourth-order valence-electron chi connectivity index (χ4n) is 3.81. The van der Waals surface area contributed by atoms with Crippen LogP contribution in [0.1, 0.15) is 18.1 Å². The lowest BCUT2D eigenvalue weighted by molar-refractivity contribution is -0.120. The lowest BCUT2D eigenvalue weighted by atomic mass is 10.0. The molecule has 162 valence electrons. The van der Waals surface area contributed by atoms with Gasteiger partial charge in [-0.05, 0) is 54.4 Å². The van der Waals surface area contributed by atoms with Crippen molar-refractivity contribution in [1.82, 2.24) is 4.90 Å². The van der Waals surface area contributed by atoms with Gasteiger partial charge in [0.15, 0.2) is 0 Å². The predicted octanol–water partition coefficient (Wildman–Crippen LogP) is 4.64. The summed E-state index contributed by atoms with van der Waals surface area (Å²) < 4.78 is 18.7. The van der Waals surface area contributed by atoms with Crippen molar-refractivity contribution in [2.24, 2.45) is 0 Å². The van der Waals surface area contributed by atoms with Crippen LogP contribution < -0.4 is 9.64 Å². The number of carbonyl (C=O) groups excluding carboxylic acids is 2. The van der Waals surface area contributed by atoms with E-state index in [0.29, 0.717) is 41.4 Å². The summed E-state index contributed by atoms with van der Waals surface area (Å²) in [6.45, 7) is 2.95. The Morgan fingerprint density at radius 2 is 1.53 bits per heavy atom. The van der Waals surface area contributed by atoms with Crippen molar-refractivity contribution < 1.29 is 18.7 Å². The number of carbonyl (C=O) groups is 2. The van der Waals surface area contributed by atoms with E-state index in [0.717, 1.165) is 10.5 Å². The van der Waals surface area contributed by atoms with Crippen molar-refractivity contribution in [3.63, 3.8) is 0 Å². The minimum Gasteiger partial charge on any atom is -0.497 e. The molecule has 0 aliphatic carbocycles. The summed E-state index contributed by atoms with van der Waals surface area (Å²) in [4.78, 5) is 30.1. The lowest BCUT2D eigenvalue weighted by Crippen LogP contribution is -2.35. The molecule has 0 saturated heterocycles. The molecule has 0 saturated carbocycles. The summed E-state index contributed by atoms with van der Waals surface area (Å²) in [5, 5.41) is 0. The summed E-state index contributed by atoms with van der Waals surface area (Å²) in [6, 6.07) is 22.2. The second kappa shape index (κ2) is 9.06. The van der Waals surface area contributed by atoms with Gasteiger partial charge in [0.25, 0.3) is 11.8 Å². The molecule has 0 aromatic heterocycles. The van der Waals surface area contributed by atoms with E-state index in [9.17, 15) is 14.0 Å². The first-order chi connectivity index (χ1) is 15.5. The smallest absolute Gasteiger partial charge is 0.282 e. The molecule has 1 aliphatic heterocycles. The van der Waals surface area contributed by atoms with E-state index in [4.69, 9.17) is 4.74 Å². The van der Waals surface area contributed by atoms with Crippen LogP contribution in [0.3, 0.4) is 0 Å². The van der Waals surface area contributed by atoms with Crippen molar-refractivity contribution >= 4 is 23.1 Å². The number of likely N-dealkylation sites (N-methyl/N-ethyl adjacent to an activating group) is 1. The van der Waals surface area contributed by atoms with Crippen LogP contribution in [-0.2, 0) is 16.1 Å². The molecule has 0 bridgehead atoms. The molecule has 6 heteroatoms. The maximum Gasteiger partial charge on any atom is 0.282 e. The highest BCUT2D eigenvalue weighted by Crippen LogP contribution is 2.36. The fraction of sp³-hybridized carbons (Fsp3) is 0.154. The first-order valence-corrected chi connectivity index (χ1v) is 10.4. The average molecular weight is 430 g/mol. The van der Waals surface area contributed by atoms with Crippen LogP contribution in [0.25, 0.3) is 5.57 Å². The molecule has 3 aromatic carbocycles. The Labute approximate surface area is 186 Å². The van der Waals surface area contributed by atoms with Gasteiger partial charge in [-0.1, -0.05) is 42.5 Å². The molecule has 0 fully saturated rings. The molecule has 2 amide bonds. The second-order valence-corrected chi connectivity index (χ2v) is 7.37. The van der Waals surface area contributed by atoms with Crippen LogP contribution in [0.4, 0.5) is 10.1 Å². The monoisotopic (exact) mass is 430 g/mol. The van der Waals surface area contributed by atoms with E-state index in [1.54, 1.807) is 31.4 Å². The third kappa shape index (κ3) is 3.99. The highest BCUT2D eigenvalue weighted by Gasteiger charge is 2.42. The van der Waals surface area contributed by atoms with Gasteiger partial charge in [0.05, 0.1) is 18.4 Å². The number of hydrogen-bond acceptors (Lipinski definition) is 4. The second-order valence-electron chi connectivity index (χ2n) is 7.37. The molecular formula is C26H23FN2O3. The minimum absolute atomic E-state index is 0.319. The van der Waals surface area contributed by atoms with Crippen molar-refractivity contribution in [2.45, 2.75) is 13.5 Å². The first kappa shape index (κ1) is 21.3. The van der Waals surface area contributed by atoms with E-state index < -0.39 is 17.6 Å². The van der Waals surface area contributed by atoms with Crippen LogP contribution >= 0.6 is 0 Å². The fourth-order valence-corrected chi connectivity index (χ4v) is 3.81. The Morgan fingerprint density at radius 3 is 2.12 bits per heavy atom. The zero-order chi connectivity index (χ0) is 22.7. The zero-order valence-electron chi connectivity index (χ0n) is 17.9. The van der Waals surface area contributed by atoms with E-state index in [2.05, 4.69) is 0 Å². The van der Waals surface area contributed by atoms with Gasteiger partial charge in [-0.15, -0.1) is 0 Å². The number of ether oxygens (including phenoxy) is 1. The van der Waals surface area contributed by atoms with E-state index >= 15 is 0 Å². The van der Waals surface area contributed by atoms with E-state index in [-0.39, 0.29) is 0 Å². The molecule has 0 atom stereocenters. The number of imide groups is 1. The van der Waals surface area contributed by atoms with Crippen LogP contribution in [0.5, 0.6) is 5.75 Å². The zero-order valence-corrected chi connectivity index (χ0v) is 17.9. The number of amides is 2. The van der Waals surface area contributed by atoms with Crippen LogP contribution in [-0.4, -0.2) is 30.4 Å². The molecule has 1 aliphatic rings. The number of halogens is 1. The number of anilines is 1. The van der Waals surface area contributed by atoms with Gasteiger partial charge < -0.3 is 9.64 Å². The maximum atomic E-state index is 13.6. The van der Waals surface area contributed by atoms with Gasteiger partial charge in [-0.3, -0.25) is 9.59 Å². The Balaban J connectivity index is 1.82. The van der Waals surface area contributed by atoms with Crippen LogP contribution in [0, 0.1) is 5.82 Å². The van der Waals surface area contributed by atoms with Crippen LogP contribution in [0.2, 0.25) is 0 Å². The Morgan fingerprint density at radius 1 is 0.875 bits per heavy atom. The van der Waals surface area contributed by atoms with Gasteiger partial charge in [0.1, 0.15) is 17.3 Å². The third-order valence-corrected chi connectivity index (χ3v) is 5.44. The first-order valence-electron chi connectivity index (χ1n) is 10.4. The average Bonchev–Trinajstić information content (AvgIpc) is 3.08. The molecule has 0 radical (unpaired) electrons. The van der Waals surface area contributed by atoms with Crippen LogP contribution in [0.15, 0.2) is 84.6 Å². The quantitative estimate of drug-likeness (QED) is 0.513. The van der Waals surface area contributed by atoms with Gasteiger partial charge >= 0.3 is 0 Å². The van der Waals surface area contributed by atoms with E-state index in [1.165, 1.54) is 24.3 Å². The molecule has 0 N–H and O–H groups in total. The van der Waals surface area contributed by atoms with Crippen molar-refractivity contribution in [3.05, 3.63) is 102 Å². The summed E-state index contributed by atoms with van der Waals surface area (Å²) in [5.74, 6) is -0.645. The predicted molar refractivity (Wildman–Crippen MR) is 121 cm³/mol. The summed E-state index contributed by atoms with van der Waals surface area (Å²) in [5.41, 5.74) is 2.63. The molecule has 3 aromatic rings.